The number of rotatable bonds is 3. The number of amides is 2. The van der Waals surface area contributed by atoms with Crippen molar-refractivity contribution in [2.75, 3.05) is 18.8 Å². The Bertz CT molecular complexity index is 382. The zero-order valence-electron chi connectivity index (χ0n) is 10.6. The smallest absolute Gasteiger partial charge is 0.305 e. The van der Waals surface area contributed by atoms with Gasteiger partial charge >= 0.3 is 5.97 Å². The van der Waals surface area contributed by atoms with E-state index in [1.54, 1.807) is 11.8 Å². The van der Waals surface area contributed by atoms with Crippen molar-refractivity contribution in [2.45, 2.75) is 37.0 Å². The molecular weight excluding hydrogens is 268 g/mol. The zero-order valence-corrected chi connectivity index (χ0v) is 11.4. The zero-order chi connectivity index (χ0) is 13.8. The van der Waals surface area contributed by atoms with E-state index in [0.717, 1.165) is 25.0 Å². The highest BCUT2D eigenvalue weighted by atomic mass is 32.2. The van der Waals surface area contributed by atoms with Crippen LogP contribution in [0.15, 0.2) is 0 Å². The van der Waals surface area contributed by atoms with Crippen molar-refractivity contribution in [3.05, 3.63) is 0 Å². The third kappa shape index (κ3) is 3.40. The number of nitrogens with zero attached hydrogens (tertiary/aromatic N) is 1. The topological polar surface area (TPSA) is 86.7 Å². The number of nitrogens with one attached hydrogen (secondary N) is 1. The molecule has 2 saturated heterocycles. The highest BCUT2D eigenvalue weighted by Crippen LogP contribution is 2.27. The third-order valence-corrected chi connectivity index (χ3v) is 4.80. The number of aliphatic carboxylic acids is 1. The Morgan fingerprint density at radius 2 is 2.21 bits per heavy atom. The minimum atomic E-state index is -1.06. The van der Waals surface area contributed by atoms with Gasteiger partial charge in [-0.15, -0.1) is 11.8 Å². The Morgan fingerprint density at radius 1 is 1.42 bits per heavy atom. The van der Waals surface area contributed by atoms with Gasteiger partial charge in [-0.1, -0.05) is 6.42 Å². The lowest BCUT2D eigenvalue weighted by molar-refractivity contribution is -0.148. The van der Waals surface area contributed by atoms with E-state index < -0.39 is 12.0 Å². The van der Waals surface area contributed by atoms with Crippen molar-refractivity contribution in [2.24, 2.45) is 0 Å². The van der Waals surface area contributed by atoms with E-state index in [2.05, 4.69) is 5.32 Å². The largest absolute Gasteiger partial charge is 0.481 e. The molecule has 6 nitrogen and oxygen atoms in total. The van der Waals surface area contributed by atoms with Gasteiger partial charge in [-0.2, -0.15) is 0 Å². The second kappa shape index (κ2) is 6.27. The Kier molecular flexibility index (Phi) is 4.68. The summed E-state index contributed by atoms with van der Waals surface area (Å²) in [6.45, 7) is 0.803. The molecule has 0 aromatic rings. The number of carboxylic acid groups (broad SMARTS) is 1. The van der Waals surface area contributed by atoms with Gasteiger partial charge in [-0.3, -0.25) is 14.4 Å². The van der Waals surface area contributed by atoms with E-state index in [0.29, 0.717) is 13.1 Å². The van der Waals surface area contributed by atoms with Crippen LogP contribution < -0.4 is 5.32 Å². The minimum Gasteiger partial charge on any atom is -0.481 e. The van der Waals surface area contributed by atoms with Crippen LogP contribution in [0.25, 0.3) is 0 Å². The number of carboxylic acids is 1. The molecule has 7 heteroatoms. The third-order valence-electron chi connectivity index (χ3n) is 3.44. The van der Waals surface area contributed by atoms with Gasteiger partial charge in [0.05, 0.1) is 11.7 Å². The SMILES string of the molecule is O=C(O)CC1C(=O)NCCN1C(=O)C1CCCCS1. The van der Waals surface area contributed by atoms with Crippen molar-refractivity contribution in [3.8, 4) is 0 Å². The second-order valence-corrected chi connectivity index (χ2v) is 6.10. The number of hydrogen-bond acceptors (Lipinski definition) is 4. The Hall–Kier alpha value is -1.24. The number of thioether (sulfide) groups is 1. The second-order valence-electron chi connectivity index (χ2n) is 4.79. The summed E-state index contributed by atoms with van der Waals surface area (Å²) in [7, 11) is 0. The lowest BCUT2D eigenvalue weighted by Gasteiger charge is -2.37. The summed E-state index contributed by atoms with van der Waals surface area (Å²) in [6, 6.07) is -0.860. The first-order chi connectivity index (χ1) is 9.09. The fraction of sp³-hybridized carbons (Fsp3) is 0.750. The minimum absolute atomic E-state index is 0.0780. The average Bonchev–Trinajstić information content (AvgIpc) is 2.41. The van der Waals surface area contributed by atoms with Crippen molar-refractivity contribution in [1.82, 2.24) is 10.2 Å². The van der Waals surface area contributed by atoms with Gasteiger partial charge in [0.25, 0.3) is 0 Å². The first kappa shape index (κ1) is 14.2. The van der Waals surface area contributed by atoms with Crippen LogP contribution in [0.1, 0.15) is 25.7 Å². The molecule has 0 aliphatic carbocycles. The van der Waals surface area contributed by atoms with E-state index in [9.17, 15) is 14.4 Å². The van der Waals surface area contributed by atoms with Crippen LogP contribution in [0.3, 0.4) is 0 Å². The van der Waals surface area contributed by atoms with Gasteiger partial charge in [-0.25, -0.2) is 0 Å². The normalized spacial score (nSPS) is 27.8. The first-order valence-electron chi connectivity index (χ1n) is 6.51. The molecule has 2 N–H and O–H groups in total. The maximum Gasteiger partial charge on any atom is 0.305 e. The number of hydrogen-bond donors (Lipinski definition) is 2. The first-order valence-corrected chi connectivity index (χ1v) is 7.56. The quantitative estimate of drug-likeness (QED) is 0.767. The highest BCUT2D eigenvalue weighted by Gasteiger charge is 2.37. The standard InChI is InChI=1S/C12H18N2O4S/c15-10(16)7-8-11(17)13-4-5-14(8)12(18)9-3-1-2-6-19-9/h8-9H,1-7H2,(H,13,17)(H,15,16). The van der Waals surface area contributed by atoms with E-state index in [4.69, 9.17) is 5.11 Å². The summed E-state index contributed by atoms with van der Waals surface area (Å²) >= 11 is 1.62. The fourth-order valence-electron chi connectivity index (χ4n) is 2.47. The van der Waals surface area contributed by atoms with E-state index in [1.807, 2.05) is 0 Å². The van der Waals surface area contributed by atoms with Crippen molar-refractivity contribution < 1.29 is 19.5 Å². The monoisotopic (exact) mass is 286 g/mol. The lowest BCUT2D eigenvalue weighted by atomic mass is 10.1. The molecule has 0 saturated carbocycles. The van der Waals surface area contributed by atoms with Crippen LogP contribution in [0.5, 0.6) is 0 Å². The molecule has 2 aliphatic rings. The van der Waals surface area contributed by atoms with E-state index >= 15 is 0 Å². The van der Waals surface area contributed by atoms with E-state index in [1.165, 1.54) is 4.90 Å². The molecule has 19 heavy (non-hydrogen) atoms. The fourth-order valence-corrected chi connectivity index (χ4v) is 3.73. The summed E-state index contributed by atoms with van der Waals surface area (Å²) in [5.74, 6) is -0.537. The molecule has 2 unspecified atom stereocenters. The van der Waals surface area contributed by atoms with Gasteiger partial charge in [0.15, 0.2) is 0 Å². The number of piperazine rings is 1. The predicted molar refractivity (Wildman–Crippen MR) is 70.9 cm³/mol. The summed E-state index contributed by atoms with van der Waals surface area (Å²) in [6.07, 6.45) is 2.64. The molecule has 0 bridgehead atoms. The molecule has 0 aromatic carbocycles. The van der Waals surface area contributed by atoms with Crippen LogP contribution in [-0.4, -0.2) is 57.9 Å². The molecule has 2 heterocycles. The summed E-state index contributed by atoms with van der Waals surface area (Å²) in [5, 5.41) is 11.4. The molecule has 2 aliphatic heterocycles. The van der Waals surface area contributed by atoms with E-state index in [-0.39, 0.29) is 23.5 Å². The maximum absolute atomic E-state index is 12.4. The molecule has 0 aromatic heterocycles. The van der Waals surface area contributed by atoms with Crippen LogP contribution in [0.2, 0.25) is 0 Å². The Labute approximate surface area is 115 Å². The van der Waals surface area contributed by atoms with Gasteiger partial charge in [-0.05, 0) is 18.6 Å². The molecular formula is C12H18N2O4S. The molecule has 0 spiro atoms. The lowest BCUT2D eigenvalue weighted by Crippen LogP contribution is -2.59. The summed E-state index contributed by atoms with van der Waals surface area (Å²) in [4.78, 5) is 36.5. The number of carbonyl (C=O) groups is 3. The van der Waals surface area contributed by atoms with Crippen molar-refractivity contribution in [3.63, 3.8) is 0 Å². The molecule has 2 fully saturated rings. The predicted octanol–water partition coefficient (Wildman–Crippen LogP) is 0.0738. The maximum atomic E-state index is 12.4. The van der Waals surface area contributed by atoms with Crippen LogP contribution >= 0.6 is 11.8 Å². The summed E-state index contributed by atoms with van der Waals surface area (Å²) < 4.78 is 0. The molecule has 2 rings (SSSR count). The highest BCUT2D eigenvalue weighted by molar-refractivity contribution is 8.00. The summed E-state index contributed by atoms with van der Waals surface area (Å²) in [5.41, 5.74) is 0. The van der Waals surface area contributed by atoms with Gasteiger partial charge in [0.1, 0.15) is 6.04 Å². The number of carbonyl (C=O) groups excluding carboxylic acids is 2. The average molecular weight is 286 g/mol. The van der Waals surface area contributed by atoms with Gasteiger partial charge in [0, 0.05) is 13.1 Å². The molecule has 2 atom stereocenters. The van der Waals surface area contributed by atoms with Gasteiger partial charge in [0.2, 0.25) is 11.8 Å². The van der Waals surface area contributed by atoms with Gasteiger partial charge < -0.3 is 15.3 Å². The molecule has 106 valence electrons. The van der Waals surface area contributed by atoms with Crippen LogP contribution in [0, 0.1) is 0 Å². The molecule has 0 radical (unpaired) electrons. The Morgan fingerprint density at radius 3 is 2.84 bits per heavy atom. The van der Waals surface area contributed by atoms with Crippen LogP contribution in [0.4, 0.5) is 0 Å². The molecule has 2 amide bonds. The van der Waals surface area contributed by atoms with Crippen LogP contribution in [-0.2, 0) is 14.4 Å². The van der Waals surface area contributed by atoms with Crippen molar-refractivity contribution in [1.29, 1.82) is 0 Å². The van der Waals surface area contributed by atoms with Crippen molar-refractivity contribution >= 4 is 29.5 Å². The Balaban J connectivity index is 2.07.